The summed E-state index contributed by atoms with van der Waals surface area (Å²) in [6, 6.07) is 3.92. The first-order valence-electron chi connectivity index (χ1n) is 5.82. The van der Waals surface area contributed by atoms with Gasteiger partial charge in [-0.05, 0) is 49.2 Å². The highest BCUT2D eigenvalue weighted by Gasteiger charge is 2.06. The van der Waals surface area contributed by atoms with Crippen molar-refractivity contribution in [1.82, 2.24) is 5.32 Å². The van der Waals surface area contributed by atoms with Crippen LogP contribution in [0.4, 0.5) is 0 Å². The third-order valence-corrected chi connectivity index (χ3v) is 3.12. The van der Waals surface area contributed by atoms with E-state index >= 15 is 0 Å². The molecule has 0 aliphatic heterocycles. The Bertz CT molecular complexity index is 369. The number of nitrogens with one attached hydrogen (secondary N) is 1. The molecule has 0 bridgehead atoms. The average molecular weight is 257 g/mol. The van der Waals surface area contributed by atoms with E-state index in [0.29, 0.717) is 17.5 Å². The molecule has 1 aromatic rings. The molecule has 0 amide bonds. The van der Waals surface area contributed by atoms with Gasteiger partial charge in [-0.2, -0.15) is 0 Å². The van der Waals surface area contributed by atoms with Crippen LogP contribution in [0.5, 0.6) is 5.75 Å². The van der Waals surface area contributed by atoms with Gasteiger partial charge < -0.3 is 15.8 Å². The van der Waals surface area contributed by atoms with E-state index < -0.39 is 0 Å². The molecule has 0 radical (unpaired) electrons. The number of benzene rings is 1. The predicted octanol–water partition coefficient (Wildman–Crippen LogP) is 2.34. The van der Waals surface area contributed by atoms with Gasteiger partial charge in [0.1, 0.15) is 5.75 Å². The molecule has 3 N–H and O–H groups in total. The maximum absolute atomic E-state index is 6.10. The zero-order valence-corrected chi connectivity index (χ0v) is 11.5. The molecule has 1 rings (SSSR count). The van der Waals surface area contributed by atoms with E-state index in [9.17, 15) is 0 Å². The van der Waals surface area contributed by atoms with E-state index in [1.54, 1.807) is 7.11 Å². The lowest BCUT2D eigenvalue weighted by Crippen LogP contribution is -2.26. The topological polar surface area (TPSA) is 47.3 Å². The van der Waals surface area contributed by atoms with Gasteiger partial charge in [0.15, 0.2) is 0 Å². The number of nitrogens with two attached hydrogens (primary N) is 1. The summed E-state index contributed by atoms with van der Waals surface area (Å²) >= 11 is 6.10. The molecule has 0 fully saturated rings. The summed E-state index contributed by atoms with van der Waals surface area (Å²) in [4.78, 5) is 0. The van der Waals surface area contributed by atoms with Crippen LogP contribution in [-0.4, -0.2) is 20.2 Å². The SMILES string of the molecule is COc1cc(C)c(CNCC(C)CN)cc1Cl. The molecule has 0 spiro atoms. The third kappa shape index (κ3) is 4.19. The summed E-state index contributed by atoms with van der Waals surface area (Å²) in [5.41, 5.74) is 7.94. The van der Waals surface area contributed by atoms with Crippen molar-refractivity contribution in [3.8, 4) is 5.75 Å². The van der Waals surface area contributed by atoms with Crippen LogP contribution in [0.15, 0.2) is 12.1 Å². The summed E-state index contributed by atoms with van der Waals surface area (Å²) in [5, 5.41) is 4.03. The molecule has 0 saturated carbocycles. The quantitative estimate of drug-likeness (QED) is 0.821. The first-order chi connectivity index (χ1) is 8.08. The molecule has 0 aliphatic rings. The van der Waals surface area contributed by atoms with Crippen LogP contribution in [0.25, 0.3) is 0 Å². The normalized spacial score (nSPS) is 12.5. The molecule has 3 nitrogen and oxygen atoms in total. The maximum Gasteiger partial charge on any atom is 0.137 e. The highest BCUT2D eigenvalue weighted by Crippen LogP contribution is 2.27. The van der Waals surface area contributed by atoms with Gasteiger partial charge in [0.25, 0.3) is 0 Å². The fraction of sp³-hybridized carbons (Fsp3) is 0.538. The van der Waals surface area contributed by atoms with Crippen LogP contribution >= 0.6 is 11.6 Å². The number of methoxy groups -OCH3 is 1. The fourth-order valence-electron chi connectivity index (χ4n) is 1.58. The van der Waals surface area contributed by atoms with Gasteiger partial charge in [0.2, 0.25) is 0 Å². The van der Waals surface area contributed by atoms with Gasteiger partial charge >= 0.3 is 0 Å². The smallest absolute Gasteiger partial charge is 0.137 e. The highest BCUT2D eigenvalue weighted by molar-refractivity contribution is 6.32. The number of hydrogen-bond donors (Lipinski definition) is 2. The zero-order valence-electron chi connectivity index (χ0n) is 10.7. The lowest BCUT2D eigenvalue weighted by Gasteiger charge is -2.13. The van der Waals surface area contributed by atoms with Crippen molar-refractivity contribution in [3.63, 3.8) is 0 Å². The number of rotatable bonds is 6. The van der Waals surface area contributed by atoms with Crippen LogP contribution in [0.3, 0.4) is 0 Å². The average Bonchev–Trinajstić information content (AvgIpc) is 2.32. The standard InChI is InChI=1S/C13H21ClN2O/c1-9(6-15)7-16-8-11-5-12(14)13(17-3)4-10(11)2/h4-5,9,16H,6-8,15H2,1-3H3. The Morgan fingerprint density at radius 1 is 1.47 bits per heavy atom. The molecule has 1 unspecified atom stereocenters. The van der Waals surface area contributed by atoms with Crippen LogP contribution in [0.1, 0.15) is 18.1 Å². The van der Waals surface area contributed by atoms with E-state index in [1.165, 1.54) is 11.1 Å². The molecule has 0 heterocycles. The van der Waals surface area contributed by atoms with E-state index in [1.807, 2.05) is 12.1 Å². The van der Waals surface area contributed by atoms with E-state index in [2.05, 4.69) is 19.2 Å². The Kier molecular flexibility index (Phi) is 5.75. The van der Waals surface area contributed by atoms with Crippen LogP contribution in [0.2, 0.25) is 5.02 Å². The van der Waals surface area contributed by atoms with Crippen molar-refractivity contribution >= 4 is 11.6 Å². The molecule has 1 aromatic carbocycles. The van der Waals surface area contributed by atoms with Crippen molar-refractivity contribution < 1.29 is 4.74 Å². The van der Waals surface area contributed by atoms with E-state index in [-0.39, 0.29) is 0 Å². The van der Waals surface area contributed by atoms with Gasteiger partial charge in [-0.25, -0.2) is 0 Å². The van der Waals surface area contributed by atoms with Crippen molar-refractivity contribution in [2.24, 2.45) is 11.7 Å². The monoisotopic (exact) mass is 256 g/mol. The van der Waals surface area contributed by atoms with Crippen molar-refractivity contribution in [2.45, 2.75) is 20.4 Å². The summed E-state index contributed by atoms with van der Waals surface area (Å²) in [6.45, 7) is 6.61. The van der Waals surface area contributed by atoms with Crippen molar-refractivity contribution in [3.05, 3.63) is 28.3 Å². The second-order valence-electron chi connectivity index (χ2n) is 4.39. The van der Waals surface area contributed by atoms with Crippen LogP contribution in [-0.2, 0) is 6.54 Å². The molecular formula is C13H21ClN2O. The van der Waals surface area contributed by atoms with E-state index in [0.717, 1.165) is 18.8 Å². The molecule has 0 aromatic heterocycles. The van der Waals surface area contributed by atoms with Crippen molar-refractivity contribution in [2.75, 3.05) is 20.2 Å². The molecule has 1 atom stereocenters. The van der Waals surface area contributed by atoms with Gasteiger partial charge in [0.05, 0.1) is 12.1 Å². The Morgan fingerprint density at radius 2 is 2.18 bits per heavy atom. The Morgan fingerprint density at radius 3 is 2.76 bits per heavy atom. The lowest BCUT2D eigenvalue weighted by atomic mass is 10.1. The molecule has 0 aliphatic carbocycles. The molecule has 17 heavy (non-hydrogen) atoms. The maximum atomic E-state index is 6.10. The summed E-state index contributed by atoms with van der Waals surface area (Å²) in [7, 11) is 1.63. The number of halogens is 1. The van der Waals surface area contributed by atoms with Crippen LogP contribution < -0.4 is 15.8 Å². The first-order valence-corrected chi connectivity index (χ1v) is 6.20. The molecule has 0 saturated heterocycles. The van der Waals surface area contributed by atoms with Crippen LogP contribution in [0, 0.1) is 12.8 Å². The summed E-state index contributed by atoms with van der Waals surface area (Å²) in [6.07, 6.45) is 0. The Balaban J connectivity index is 2.62. The fourth-order valence-corrected chi connectivity index (χ4v) is 1.84. The minimum absolute atomic E-state index is 0.490. The largest absolute Gasteiger partial charge is 0.495 e. The minimum atomic E-state index is 0.490. The van der Waals surface area contributed by atoms with Gasteiger partial charge in [-0.15, -0.1) is 0 Å². The van der Waals surface area contributed by atoms with Gasteiger partial charge in [-0.3, -0.25) is 0 Å². The molecule has 4 heteroatoms. The summed E-state index contributed by atoms with van der Waals surface area (Å²) in [5.74, 6) is 1.22. The number of hydrogen-bond acceptors (Lipinski definition) is 3. The second-order valence-corrected chi connectivity index (χ2v) is 4.79. The second kappa shape index (κ2) is 6.84. The lowest BCUT2D eigenvalue weighted by molar-refractivity contribution is 0.414. The highest BCUT2D eigenvalue weighted by atomic mass is 35.5. The van der Waals surface area contributed by atoms with Crippen molar-refractivity contribution in [1.29, 1.82) is 0 Å². The van der Waals surface area contributed by atoms with Gasteiger partial charge in [-0.1, -0.05) is 18.5 Å². The Hall–Kier alpha value is -0.770. The zero-order chi connectivity index (χ0) is 12.8. The number of ether oxygens (including phenoxy) is 1. The molecule has 96 valence electrons. The predicted molar refractivity (Wildman–Crippen MR) is 72.7 cm³/mol. The number of aryl methyl sites for hydroxylation is 1. The molecular weight excluding hydrogens is 236 g/mol. The Labute approximate surface area is 108 Å². The van der Waals surface area contributed by atoms with Gasteiger partial charge in [0, 0.05) is 6.54 Å². The summed E-state index contributed by atoms with van der Waals surface area (Å²) < 4.78 is 5.17. The third-order valence-electron chi connectivity index (χ3n) is 2.82. The van der Waals surface area contributed by atoms with E-state index in [4.69, 9.17) is 22.1 Å². The first kappa shape index (κ1) is 14.3. The minimum Gasteiger partial charge on any atom is -0.495 e.